The van der Waals surface area contributed by atoms with Gasteiger partial charge >= 0.3 is 0 Å². The van der Waals surface area contributed by atoms with Crippen molar-refractivity contribution in [1.29, 1.82) is 0 Å². The first-order valence-corrected chi connectivity index (χ1v) is 7.39. The van der Waals surface area contributed by atoms with Crippen LogP contribution in [0.5, 0.6) is 0 Å². The smallest absolute Gasteiger partial charge is 0.226 e. The van der Waals surface area contributed by atoms with Crippen molar-refractivity contribution in [2.45, 2.75) is 22.4 Å². The van der Waals surface area contributed by atoms with Gasteiger partial charge in [-0.3, -0.25) is 4.57 Å². The molecule has 0 spiro atoms. The van der Waals surface area contributed by atoms with Crippen LogP contribution in [0.15, 0.2) is 6.33 Å². The molecule has 0 aromatic carbocycles. The minimum absolute atomic E-state index is 0.0130. The number of nitrogens with zero attached hydrogens (tertiary/aromatic N) is 4. The Morgan fingerprint density at radius 3 is 2.90 bits per heavy atom. The Hall–Kier alpha value is -0.750. The first kappa shape index (κ1) is 14.2. The topological polar surface area (TPSA) is 119 Å². The van der Waals surface area contributed by atoms with E-state index in [9.17, 15) is 10.2 Å². The molecule has 1 unspecified atom stereocenters. The van der Waals surface area contributed by atoms with Crippen LogP contribution < -0.4 is 5.73 Å². The van der Waals surface area contributed by atoms with E-state index in [2.05, 4.69) is 37.5 Å². The Labute approximate surface area is 132 Å². The summed E-state index contributed by atoms with van der Waals surface area (Å²) in [6.07, 6.45) is -0.431. The van der Waals surface area contributed by atoms with Gasteiger partial charge in [0.05, 0.1) is 23.0 Å². The third kappa shape index (κ3) is 2.13. The number of hydrogen-bond acceptors (Lipinski definition) is 7. The van der Waals surface area contributed by atoms with E-state index in [-0.39, 0.29) is 21.6 Å². The van der Waals surface area contributed by atoms with Crippen molar-refractivity contribution in [2.24, 2.45) is 0 Å². The maximum Gasteiger partial charge on any atom is 0.226 e. The molecule has 4 N–H and O–H groups in total. The van der Waals surface area contributed by atoms with Crippen LogP contribution in [0.3, 0.4) is 0 Å². The van der Waals surface area contributed by atoms with Crippen molar-refractivity contribution in [3.8, 4) is 0 Å². The van der Waals surface area contributed by atoms with Crippen LogP contribution in [-0.2, 0) is 4.74 Å². The second-order valence-electron chi connectivity index (χ2n) is 4.38. The Kier molecular flexibility index (Phi) is 3.71. The molecular formula is C10H11ClIN5O3. The van der Waals surface area contributed by atoms with E-state index in [1.807, 2.05) is 0 Å². The van der Waals surface area contributed by atoms with Crippen LogP contribution in [-0.4, -0.2) is 52.5 Å². The monoisotopic (exact) mass is 411 g/mol. The highest BCUT2D eigenvalue weighted by Crippen LogP contribution is 2.36. The van der Waals surface area contributed by atoms with Crippen LogP contribution in [0, 0.1) is 0 Å². The van der Waals surface area contributed by atoms with Crippen LogP contribution in [0.4, 0.5) is 5.82 Å². The van der Waals surface area contributed by atoms with Crippen LogP contribution >= 0.6 is 34.2 Å². The number of aliphatic hydroxyl groups is 2. The van der Waals surface area contributed by atoms with E-state index >= 15 is 0 Å². The number of hydrogen-bond donors (Lipinski definition) is 3. The normalized spacial score (nSPS) is 30.2. The largest absolute Gasteiger partial charge is 0.394 e. The number of rotatable bonds is 2. The molecule has 1 aliphatic heterocycles. The first-order valence-electron chi connectivity index (χ1n) is 5.77. The van der Waals surface area contributed by atoms with Crippen molar-refractivity contribution in [3.05, 3.63) is 11.6 Å². The number of fused-ring (bicyclic) bond motifs is 1. The molecule has 0 bridgehead atoms. The lowest BCUT2D eigenvalue weighted by Crippen LogP contribution is -2.29. The molecule has 3 rings (SSSR count). The standard InChI is InChI=1S/C10H11ClIN5O3/c11-10-15-7(13)5-8(16-10)17(2-14-5)9-4(12)6(19)3(1-18)20-9/h2-4,6,9,18-19H,1H2,(H2,13,15,16)/t3-,4-,6+,9?/m1/s1. The summed E-state index contributed by atoms with van der Waals surface area (Å²) in [5, 5.41) is 19.2. The molecule has 0 aliphatic carbocycles. The average Bonchev–Trinajstić information content (AvgIpc) is 2.93. The molecule has 0 radical (unpaired) electrons. The van der Waals surface area contributed by atoms with Gasteiger partial charge in [-0.05, 0) is 11.6 Å². The van der Waals surface area contributed by atoms with E-state index in [4.69, 9.17) is 22.1 Å². The van der Waals surface area contributed by atoms with Gasteiger partial charge < -0.3 is 20.7 Å². The fourth-order valence-electron chi connectivity index (χ4n) is 2.18. The predicted octanol–water partition coefficient (Wildman–Crippen LogP) is 0.116. The lowest BCUT2D eigenvalue weighted by Gasteiger charge is -2.16. The first-order chi connectivity index (χ1) is 9.52. The zero-order chi connectivity index (χ0) is 14.4. The van der Waals surface area contributed by atoms with Crippen molar-refractivity contribution in [3.63, 3.8) is 0 Å². The average molecular weight is 412 g/mol. The Morgan fingerprint density at radius 1 is 1.50 bits per heavy atom. The molecule has 1 fully saturated rings. The number of halogens is 2. The van der Waals surface area contributed by atoms with Gasteiger partial charge in [0.1, 0.15) is 11.6 Å². The van der Waals surface area contributed by atoms with Crippen molar-refractivity contribution < 1.29 is 14.9 Å². The van der Waals surface area contributed by atoms with Crippen molar-refractivity contribution in [1.82, 2.24) is 19.5 Å². The molecule has 8 nitrogen and oxygen atoms in total. The summed E-state index contributed by atoms with van der Waals surface area (Å²) < 4.78 is 7.01. The molecule has 0 saturated carbocycles. The molecule has 4 atom stereocenters. The lowest BCUT2D eigenvalue weighted by atomic mass is 10.2. The van der Waals surface area contributed by atoms with E-state index < -0.39 is 18.4 Å². The van der Waals surface area contributed by atoms with Gasteiger partial charge in [-0.25, -0.2) is 4.98 Å². The van der Waals surface area contributed by atoms with E-state index in [0.29, 0.717) is 11.2 Å². The number of anilines is 1. The van der Waals surface area contributed by atoms with Gasteiger partial charge in [-0.15, -0.1) is 0 Å². The molecule has 0 amide bonds. The molecule has 108 valence electrons. The minimum atomic E-state index is -0.780. The number of nitrogen functional groups attached to an aromatic ring is 1. The fraction of sp³-hybridized carbons (Fsp3) is 0.500. The molecule has 1 aliphatic rings. The van der Waals surface area contributed by atoms with Gasteiger partial charge in [-0.1, -0.05) is 22.6 Å². The zero-order valence-electron chi connectivity index (χ0n) is 10.0. The van der Waals surface area contributed by atoms with Gasteiger partial charge in [-0.2, -0.15) is 9.97 Å². The number of nitrogens with two attached hydrogens (primary N) is 1. The summed E-state index contributed by atoms with van der Waals surface area (Å²) in [6, 6.07) is 0. The molecule has 3 heterocycles. The number of alkyl halides is 1. The lowest BCUT2D eigenvalue weighted by molar-refractivity contribution is -0.0429. The number of imidazole rings is 1. The number of aliphatic hydroxyl groups excluding tert-OH is 2. The fourth-order valence-corrected chi connectivity index (χ4v) is 3.33. The maximum atomic E-state index is 10.00. The maximum absolute atomic E-state index is 10.00. The van der Waals surface area contributed by atoms with E-state index in [1.165, 1.54) is 6.33 Å². The molecular weight excluding hydrogens is 400 g/mol. The zero-order valence-corrected chi connectivity index (χ0v) is 12.9. The predicted molar refractivity (Wildman–Crippen MR) is 79.6 cm³/mol. The molecule has 1 saturated heterocycles. The quantitative estimate of drug-likeness (QED) is 0.365. The summed E-state index contributed by atoms with van der Waals surface area (Å²) in [6.45, 7) is -0.262. The summed E-state index contributed by atoms with van der Waals surface area (Å²) in [5.74, 6) is 0.181. The summed E-state index contributed by atoms with van der Waals surface area (Å²) >= 11 is 7.87. The minimum Gasteiger partial charge on any atom is -0.394 e. The summed E-state index contributed by atoms with van der Waals surface area (Å²) in [4.78, 5) is 12.1. The Bertz CT molecular complexity index is 653. The second kappa shape index (κ2) is 5.22. The van der Waals surface area contributed by atoms with E-state index in [0.717, 1.165) is 0 Å². The van der Waals surface area contributed by atoms with E-state index in [1.54, 1.807) is 4.57 Å². The Morgan fingerprint density at radius 2 is 2.25 bits per heavy atom. The number of ether oxygens (including phenoxy) is 1. The summed E-state index contributed by atoms with van der Waals surface area (Å²) in [5.41, 5.74) is 6.59. The third-order valence-corrected chi connectivity index (χ3v) is 4.69. The van der Waals surface area contributed by atoms with Crippen molar-refractivity contribution in [2.75, 3.05) is 12.3 Å². The Balaban J connectivity index is 2.07. The van der Waals surface area contributed by atoms with Gasteiger partial charge in [0, 0.05) is 0 Å². The van der Waals surface area contributed by atoms with Crippen LogP contribution in [0.25, 0.3) is 11.2 Å². The number of aromatic nitrogens is 4. The highest BCUT2D eigenvalue weighted by molar-refractivity contribution is 14.1. The highest BCUT2D eigenvalue weighted by atomic mass is 127. The SMILES string of the molecule is Nc1nc(Cl)nc2c1ncn2C1O[C@H](CO)[C@H](O)[C@H]1I. The van der Waals surface area contributed by atoms with Crippen LogP contribution in [0.2, 0.25) is 5.28 Å². The third-order valence-electron chi connectivity index (χ3n) is 3.17. The molecule has 2 aromatic rings. The van der Waals surface area contributed by atoms with Crippen molar-refractivity contribution >= 4 is 51.2 Å². The van der Waals surface area contributed by atoms with Gasteiger partial charge in [0.15, 0.2) is 17.7 Å². The van der Waals surface area contributed by atoms with Gasteiger partial charge in [0.25, 0.3) is 0 Å². The highest BCUT2D eigenvalue weighted by Gasteiger charge is 2.43. The van der Waals surface area contributed by atoms with Gasteiger partial charge in [0.2, 0.25) is 5.28 Å². The molecule has 10 heteroatoms. The van der Waals surface area contributed by atoms with Crippen LogP contribution in [0.1, 0.15) is 6.23 Å². The molecule has 20 heavy (non-hydrogen) atoms. The second-order valence-corrected chi connectivity index (χ2v) is 6.16. The summed E-state index contributed by atoms with van der Waals surface area (Å²) in [7, 11) is 0. The molecule has 2 aromatic heterocycles.